The third kappa shape index (κ3) is 3.37. The molecule has 0 saturated heterocycles. The Morgan fingerprint density at radius 3 is 2.11 bits per heavy atom. The molecule has 1 aromatic carbocycles. The van der Waals surface area contributed by atoms with Crippen molar-refractivity contribution < 1.29 is 0 Å². The quantitative estimate of drug-likeness (QED) is 0.620. The van der Waals surface area contributed by atoms with Gasteiger partial charge in [-0.3, -0.25) is 0 Å². The van der Waals surface area contributed by atoms with Crippen molar-refractivity contribution in [2.45, 2.75) is 71.6 Å². The molecule has 1 unspecified atom stereocenters. The molecule has 1 saturated carbocycles. The van der Waals surface area contributed by atoms with E-state index in [4.69, 9.17) is 0 Å². The van der Waals surface area contributed by atoms with Gasteiger partial charge in [-0.05, 0) is 54.1 Å². The van der Waals surface area contributed by atoms with Gasteiger partial charge in [-0.15, -0.1) is 0 Å². The molecule has 1 atom stereocenters. The molecule has 0 heteroatoms. The molecule has 0 heterocycles. The Labute approximate surface area is 113 Å². The molecule has 2 rings (SSSR count). The van der Waals surface area contributed by atoms with E-state index in [2.05, 4.69) is 52.0 Å². The first-order chi connectivity index (χ1) is 8.49. The lowest BCUT2D eigenvalue weighted by atomic mass is 9.77. The largest absolute Gasteiger partial charge is 0.0648 e. The van der Waals surface area contributed by atoms with Gasteiger partial charge in [0.1, 0.15) is 0 Å². The summed E-state index contributed by atoms with van der Waals surface area (Å²) in [5.41, 5.74) is 3.53. The molecule has 1 aromatic rings. The molecule has 0 aromatic heterocycles. The van der Waals surface area contributed by atoms with Crippen molar-refractivity contribution in [3.63, 3.8) is 0 Å². The van der Waals surface area contributed by atoms with Crippen LogP contribution in [0.2, 0.25) is 0 Å². The Morgan fingerprint density at radius 2 is 1.72 bits per heavy atom. The lowest BCUT2D eigenvalue weighted by Gasteiger charge is -2.28. The van der Waals surface area contributed by atoms with E-state index in [9.17, 15) is 0 Å². The van der Waals surface area contributed by atoms with Gasteiger partial charge in [0.15, 0.2) is 0 Å². The van der Waals surface area contributed by atoms with Gasteiger partial charge in [0.25, 0.3) is 0 Å². The van der Waals surface area contributed by atoms with Gasteiger partial charge < -0.3 is 0 Å². The molecule has 0 amide bonds. The maximum Gasteiger partial charge on any atom is -0.0160 e. The molecular weight excluding hydrogens is 216 g/mol. The summed E-state index contributed by atoms with van der Waals surface area (Å²) in [5.74, 6) is 1.59. The summed E-state index contributed by atoms with van der Waals surface area (Å²) in [5, 5.41) is 0. The standard InChI is InChI=1S/C18H28/c1-5-14(13-18(2,3)4)16-9-11-17(12-10-16)15-7-6-8-15/h9-12,14-15H,5-8,13H2,1-4H3. The van der Waals surface area contributed by atoms with Crippen LogP contribution in [0.3, 0.4) is 0 Å². The van der Waals surface area contributed by atoms with Crippen LogP contribution in [0.1, 0.15) is 82.8 Å². The number of benzene rings is 1. The van der Waals surface area contributed by atoms with Crippen LogP contribution < -0.4 is 0 Å². The molecule has 0 spiro atoms. The SMILES string of the molecule is CCC(CC(C)(C)C)c1ccc(C2CCC2)cc1. The second-order valence-corrected chi connectivity index (χ2v) is 7.16. The van der Waals surface area contributed by atoms with Crippen LogP contribution in [-0.2, 0) is 0 Å². The third-order valence-corrected chi connectivity index (χ3v) is 4.34. The van der Waals surface area contributed by atoms with Gasteiger partial charge in [-0.2, -0.15) is 0 Å². The smallest absolute Gasteiger partial charge is 0.0160 e. The predicted octanol–water partition coefficient (Wildman–Crippen LogP) is 5.88. The summed E-state index contributed by atoms with van der Waals surface area (Å²) in [6.07, 6.45) is 6.76. The van der Waals surface area contributed by atoms with Crippen LogP contribution in [0.15, 0.2) is 24.3 Å². The Hall–Kier alpha value is -0.780. The fourth-order valence-electron chi connectivity index (χ4n) is 3.02. The normalized spacial score (nSPS) is 18.4. The highest BCUT2D eigenvalue weighted by atomic mass is 14.3. The highest BCUT2D eigenvalue weighted by Crippen LogP contribution is 2.38. The molecule has 1 fully saturated rings. The highest BCUT2D eigenvalue weighted by molar-refractivity contribution is 5.28. The fraction of sp³-hybridized carbons (Fsp3) is 0.667. The summed E-state index contributed by atoms with van der Waals surface area (Å²) < 4.78 is 0. The van der Waals surface area contributed by atoms with Crippen LogP contribution >= 0.6 is 0 Å². The molecule has 0 aliphatic heterocycles. The molecular formula is C18H28. The van der Waals surface area contributed by atoms with Crippen LogP contribution in [0, 0.1) is 5.41 Å². The van der Waals surface area contributed by atoms with Crippen molar-refractivity contribution in [1.82, 2.24) is 0 Å². The zero-order chi connectivity index (χ0) is 13.2. The molecule has 0 nitrogen and oxygen atoms in total. The van der Waals surface area contributed by atoms with Crippen molar-refractivity contribution in [3.8, 4) is 0 Å². The van der Waals surface area contributed by atoms with Crippen LogP contribution in [-0.4, -0.2) is 0 Å². The molecule has 1 aliphatic rings. The third-order valence-electron chi connectivity index (χ3n) is 4.34. The summed E-state index contributed by atoms with van der Waals surface area (Å²) in [4.78, 5) is 0. The van der Waals surface area contributed by atoms with Crippen molar-refractivity contribution in [1.29, 1.82) is 0 Å². The van der Waals surface area contributed by atoms with E-state index in [-0.39, 0.29) is 0 Å². The Morgan fingerprint density at radius 1 is 1.11 bits per heavy atom. The highest BCUT2D eigenvalue weighted by Gasteiger charge is 2.21. The van der Waals surface area contributed by atoms with Crippen LogP contribution in [0.25, 0.3) is 0 Å². The van der Waals surface area contributed by atoms with Gasteiger partial charge in [0.2, 0.25) is 0 Å². The monoisotopic (exact) mass is 244 g/mol. The number of rotatable bonds is 4. The minimum atomic E-state index is 0.424. The zero-order valence-corrected chi connectivity index (χ0v) is 12.5. The zero-order valence-electron chi connectivity index (χ0n) is 12.5. The van der Waals surface area contributed by atoms with Crippen molar-refractivity contribution in [3.05, 3.63) is 35.4 Å². The minimum Gasteiger partial charge on any atom is -0.0648 e. The van der Waals surface area contributed by atoms with E-state index in [0.29, 0.717) is 5.41 Å². The summed E-state index contributed by atoms with van der Waals surface area (Å²) in [6, 6.07) is 9.52. The molecule has 100 valence electrons. The molecule has 0 N–H and O–H groups in total. The van der Waals surface area contributed by atoms with Crippen molar-refractivity contribution in [2.24, 2.45) is 5.41 Å². The fourth-order valence-corrected chi connectivity index (χ4v) is 3.02. The number of hydrogen-bond donors (Lipinski definition) is 0. The second kappa shape index (κ2) is 5.47. The van der Waals surface area contributed by atoms with E-state index in [1.165, 1.54) is 37.7 Å². The predicted molar refractivity (Wildman–Crippen MR) is 80.1 cm³/mol. The van der Waals surface area contributed by atoms with Crippen LogP contribution in [0.5, 0.6) is 0 Å². The van der Waals surface area contributed by atoms with Gasteiger partial charge >= 0.3 is 0 Å². The molecule has 0 radical (unpaired) electrons. The second-order valence-electron chi connectivity index (χ2n) is 7.16. The van der Waals surface area contributed by atoms with E-state index in [0.717, 1.165) is 11.8 Å². The summed E-state index contributed by atoms with van der Waals surface area (Å²) >= 11 is 0. The average Bonchev–Trinajstić information content (AvgIpc) is 2.23. The average molecular weight is 244 g/mol. The minimum absolute atomic E-state index is 0.424. The molecule has 0 bridgehead atoms. The van der Waals surface area contributed by atoms with Crippen molar-refractivity contribution in [2.75, 3.05) is 0 Å². The Bertz CT molecular complexity index is 362. The lowest BCUT2D eigenvalue weighted by molar-refractivity contribution is 0.335. The van der Waals surface area contributed by atoms with E-state index in [1.54, 1.807) is 5.56 Å². The van der Waals surface area contributed by atoms with E-state index >= 15 is 0 Å². The Balaban J connectivity index is 2.06. The summed E-state index contributed by atoms with van der Waals surface area (Å²) in [7, 11) is 0. The molecule has 18 heavy (non-hydrogen) atoms. The first kappa shape index (κ1) is 13.6. The first-order valence-corrected chi connectivity index (χ1v) is 7.59. The van der Waals surface area contributed by atoms with Crippen molar-refractivity contribution >= 4 is 0 Å². The van der Waals surface area contributed by atoms with Gasteiger partial charge in [0.05, 0.1) is 0 Å². The van der Waals surface area contributed by atoms with E-state index < -0.39 is 0 Å². The van der Waals surface area contributed by atoms with Gasteiger partial charge in [0, 0.05) is 0 Å². The summed E-state index contributed by atoms with van der Waals surface area (Å²) in [6.45, 7) is 9.35. The van der Waals surface area contributed by atoms with Crippen LogP contribution in [0.4, 0.5) is 0 Å². The maximum absolute atomic E-state index is 2.38. The first-order valence-electron chi connectivity index (χ1n) is 7.59. The molecule has 1 aliphatic carbocycles. The van der Waals surface area contributed by atoms with Gasteiger partial charge in [-0.25, -0.2) is 0 Å². The Kier molecular flexibility index (Phi) is 4.14. The number of hydrogen-bond acceptors (Lipinski definition) is 0. The maximum atomic E-state index is 2.38. The lowest BCUT2D eigenvalue weighted by Crippen LogP contribution is -2.12. The van der Waals surface area contributed by atoms with Gasteiger partial charge in [-0.1, -0.05) is 58.4 Å². The van der Waals surface area contributed by atoms with E-state index in [1.807, 2.05) is 0 Å². The topological polar surface area (TPSA) is 0 Å².